The second kappa shape index (κ2) is 9.61. The summed E-state index contributed by atoms with van der Waals surface area (Å²) in [5.41, 5.74) is 0.114. The summed E-state index contributed by atoms with van der Waals surface area (Å²) in [5, 5.41) is 23.8. The molecule has 0 spiro atoms. The van der Waals surface area contributed by atoms with Crippen LogP contribution in [-0.4, -0.2) is 32.7 Å². The highest BCUT2D eigenvalue weighted by molar-refractivity contribution is 8.01. The molecule has 0 aliphatic rings. The summed E-state index contributed by atoms with van der Waals surface area (Å²) in [5.74, 6) is -1.31. The Labute approximate surface area is 181 Å². The second-order valence-electron chi connectivity index (χ2n) is 5.59. The number of hydrogen-bond acceptors (Lipinski definition) is 8. The van der Waals surface area contributed by atoms with Gasteiger partial charge in [-0.3, -0.25) is 25.0 Å². The Kier molecular flexibility index (Phi) is 6.92. The van der Waals surface area contributed by atoms with Gasteiger partial charge in [-0.15, -0.1) is 10.2 Å². The van der Waals surface area contributed by atoms with Gasteiger partial charge in [-0.25, -0.2) is 4.39 Å². The van der Waals surface area contributed by atoms with E-state index in [0.29, 0.717) is 10.0 Å². The molecule has 0 aliphatic heterocycles. The van der Waals surface area contributed by atoms with Crippen LogP contribution in [0.4, 0.5) is 20.9 Å². The van der Waals surface area contributed by atoms with E-state index in [4.69, 9.17) is 11.6 Å². The molecular weight excluding hydrogens is 457 g/mol. The first-order valence-corrected chi connectivity index (χ1v) is 10.3. The van der Waals surface area contributed by atoms with E-state index >= 15 is 0 Å². The molecule has 1 aromatic heterocycles. The number of aromatic nitrogens is 2. The average Bonchev–Trinajstić information content (AvgIpc) is 3.15. The van der Waals surface area contributed by atoms with Crippen molar-refractivity contribution in [2.75, 3.05) is 16.4 Å². The van der Waals surface area contributed by atoms with E-state index in [1.54, 1.807) is 0 Å². The van der Waals surface area contributed by atoms with Crippen molar-refractivity contribution in [1.29, 1.82) is 0 Å². The van der Waals surface area contributed by atoms with E-state index in [0.717, 1.165) is 29.2 Å². The molecule has 0 aliphatic carbocycles. The second-order valence-corrected chi connectivity index (χ2v) is 8.20. The average molecular weight is 468 g/mol. The molecule has 1 heterocycles. The van der Waals surface area contributed by atoms with Gasteiger partial charge >= 0.3 is 0 Å². The molecule has 13 heteroatoms. The third-order valence-corrected chi connectivity index (χ3v) is 5.78. The largest absolute Gasteiger partial charge is 0.325 e. The summed E-state index contributed by atoms with van der Waals surface area (Å²) in [7, 11) is 0. The lowest BCUT2D eigenvalue weighted by Crippen LogP contribution is -2.13. The van der Waals surface area contributed by atoms with Crippen LogP contribution in [0.5, 0.6) is 0 Å². The Hall–Kier alpha value is -3.09. The molecule has 0 unspecified atom stereocenters. The van der Waals surface area contributed by atoms with Crippen molar-refractivity contribution in [3.8, 4) is 0 Å². The van der Waals surface area contributed by atoms with Gasteiger partial charge in [0.2, 0.25) is 11.0 Å². The number of nitro groups is 1. The third kappa shape index (κ3) is 5.72. The van der Waals surface area contributed by atoms with Gasteiger partial charge in [0.05, 0.1) is 10.7 Å². The van der Waals surface area contributed by atoms with Gasteiger partial charge in [0.25, 0.3) is 11.6 Å². The van der Waals surface area contributed by atoms with Gasteiger partial charge < -0.3 is 5.32 Å². The molecule has 30 heavy (non-hydrogen) atoms. The number of carbonyl (C=O) groups excluding carboxylic acids is 2. The highest BCUT2D eigenvalue weighted by atomic mass is 35.5. The quantitative estimate of drug-likeness (QED) is 0.230. The van der Waals surface area contributed by atoms with Crippen LogP contribution < -0.4 is 10.6 Å². The zero-order chi connectivity index (χ0) is 21.7. The summed E-state index contributed by atoms with van der Waals surface area (Å²) in [6.07, 6.45) is 0. The Morgan fingerprint density at radius 3 is 2.60 bits per heavy atom. The fraction of sp³-hybridized carbons (Fsp3) is 0.0588. The van der Waals surface area contributed by atoms with Gasteiger partial charge in [0.1, 0.15) is 10.8 Å². The fourth-order valence-electron chi connectivity index (χ4n) is 2.14. The molecular formula is C17H11ClFN5O4S2. The van der Waals surface area contributed by atoms with Crippen molar-refractivity contribution in [3.63, 3.8) is 0 Å². The van der Waals surface area contributed by atoms with Crippen LogP contribution >= 0.6 is 34.7 Å². The van der Waals surface area contributed by atoms with Crippen LogP contribution in [0.2, 0.25) is 5.02 Å². The van der Waals surface area contributed by atoms with Crippen molar-refractivity contribution in [3.05, 3.63) is 69.0 Å². The maximum absolute atomic E-state index is 12.9. The summed E-state index contributed by atoms with van der Waals surface area (Å²) in [6, 6.07) is 9.02. The van der Waals surface area contributed by atoms with Crippen molar-refractivity contribution >= 4 is 63.0 Å². The molecule has 0 saturated heterocycles. The van der Waals surface area contributed by atoms with Crippen LogP contribution in [-0.2, 0) is 4.79 Å². The van der Waals surface area contributed by atoms with Gasteiger partial charge in [-0.2, -0.15) is 0 Å². The minimum Gasteiger partial charge on any atom is -0.325 e. The number of carbonyl (C=O) groups is 2. The van der Waals surface area contributed by atoms with E-state index in [9.17, 15) is 24.1 Å². The zero-order valence-corrected chi connectivity index (χ0v) is 17.2. The number of nitrogens with zero attached hydrogens (tertiary/aromatic N) is 3. The van der Waals surface area contributed by atoms with Crippen molar-refractivity contribution < 1.29 is 18.9 Å². The summed E-state index contributed by atoms with van der Waals surface area (Å²) >= 11 is 7.87. The molecule has 0 saturated carbocycles. The summed E-state index contributed by atoms with van der Waals surface area (Å²) in [4.78, 5) is 34.5. The maximum Gasteiger partial charge on any atom is 0.288 e. The minimum atomic E-state index is -0.685. The number of benzene rings is 2. The number of rotatable bonds is 7. The highest BCUT2D eigenvalue weighted by Crippen LogP contribution is 2.28. The number of nitrogens with one attached hydrogen (secondary N) is 2. The highest BCUT2D eigenvalue weighted by Gasteiger charge is 2.18. The van der Waals surface area contributed by atoms with Crippen molar-refractivity contribution in [2.45, 2.75) is 4.34 Å². The SMILES string of the molecule is O=C(CSc1nnc(NC(=O)c2ccc(Cl)c([N+](=O)[O-])c2)s1)Nc1ccc(F)cc1. The lowest BCUT2D eigenvalue weighted by molar-refractivity contribution is -0.384. The van der Waals surface area contributed by atoms with E-state index in [1.165, 1.54) is 36.4 Å². The van der Waals surface area contributed by atoms with Crippen molar-refractivity contribution in [1.82, 2.24) is 10.2 Å². The molecule has 154 valence electrons. The molecule has 0 bridgehead atoms. The molecule has 3 aromatic rings. The number of thioether (sulfide) groups is 1. The first-order valence-electron chi connectivity index (χ1n) is 8.09. The Bertz CT molecular complexity index is 1110. The number of anilines is 2. The first kappa shape index (κ1) is 21.6. The monoisotopic (exact) mass is 467 g/mol. The molecule has 2 aromatic carbocycles. The van der Waals surface area contributed by atoms with Gasteiger partial charge in [0.15, 0.2) is 4.34 Å². The Morgan fingerprint density at radius 1 is 1.17 bits per heavy atom. The van der Waals surface area contributed by atoms with Gasteiger partial charge in [-0.05, 0) is 36.4 Å². The summed E-state index contributed by atoms with van der Waals surface area (Å²) in [6.45, 7) is 0. The zero-order valence-electron chi connectivity index (χ0n) is 14.8. The lowest BCUT2D eigenvalue weighted by Gasteiger charge is -2.03. The molecule has 0 atom stereocenters. The smallest absolute Gasteiger partial charge is 0.288 e. The fourth-order valence-corrected chi connectivity index (χ4v) is 3.87. The van der Waals surface area contributed by atoms with Crippen LogP contribution in [0.15, 0.2) is 46.8 Å². The minimum absolute atomic E-state index is 0.0311. The number of nitro benzene ring substituents is 1. The van der Waals surface area contributed by atoms with E-state index in [1.807, 2.05) is 0 Å². The molecule has 0 fully saturated rings. The standard InChI is InChI=1S/C17H11ClFN5O4S2/c18-12-6-1-9(7-13(12)24(27)28)15(26)21-16-22-23-17(30-16)29-8-14(25)20-11-4-2-10(19)3-5-11/h1-7H,8H2,(H,20,25)(H,21,22,26). The van der Waals surface area contributed by atoms with E-state index in [2.05, 4.69) is 20.8 Å². The van der Waals surface area contributed by atoms with Crippen LogP contribution in [0, 0.1) is 15.9 Å². The van der Waals surface area contributed by atoms with Crippen molar-refractivity contribution in [2.24, 2.45) is 0 Å². The maximum atomic E-state index is 12.9. The molecule has 0 radical (unpaired) electrons. The Balaban J connectivity index is 1.55. The molecule has 2 N–H and O–H groups in total. The van der Waals surface area contributed by atoms with Crippen LogP contribution in [0.25, 0.3) is 0 Å². The Morgan fingerprint density at radius 2 is 1.90 bits per heavy atom. The first-order chi connectivity index (χ1) is 14.3. The van der Waals surface area contributed by atoms with Gasteiger partial charge in [-0.1, -0.05) is 34.7 Å². The topological polar surface area (TPSA) is 127 Å². The van der Waals surface area contributed by atoms with E-state index < -0.39 is 16.6 Å². The molecule has 2 amide bonds. The number of amides is 2. The summed E-state index contributed by atoms with van der Waals surface area (Å²) < 4.78 is 13.3. The van der Waals surface area contributed by atoms with Gasteiger partial charge in [0, 0.05) is 17.3 Å². The lowest BCUT2D eigenvalue weighted by atomic mass is 10.2. The van der Waals surface area contributed by atoms with Crippen LogP contribution in [0.1, 0.15) is 10.4 Å². The number of hydrogen-bond donors (Lipinski definition) is 2. The predicted molar refractivity (Wildman–Crippen MR) is 112 cm³/mol. The molecule has 3 rings (SSSR count). The van der Waals surface area contributed by atoms with E-state index in [-0.39, 0.29) is 33.1 Å². The third-order valence-electron chi connectivity index (χ3n) is 3.49. The normalized spacial score (nSPS) is 10.5. The number of halogens is 2. The predicted octanol–water partition coefficient (Wildman–Crippen LogP) is 4.22. The molecule has 9 nitrogen and oxygen atoms in total. The van der Waals surface area contributed by atoms with Crippen LogP contribution in [0.3, 0.4) is 0 Å².